The van der Waals surface area contributed by atoms with Crippen molar-refractivity contribution in [1.29, 1.82) is 0 Å². The molecule has 5 aromatic rings. The van der Waals surface area contributed by atoms with Crippen LogP contribution in [-0.2, 0) is 9.59 Å². The maximum atomic E-state index is 14.4. The van der Waals surface area contributed by atoms with E-state index in [-0.39, 0.29) is 17.2 Å². The molecule has 1 unspecified atom stereocenters. The molecule has 224 valence electrons. The van der Waals surface area contributed by atoms with E-state index in [0.717, 1.165) is 10.5 Å². The number of nitrogens with one attached hydrogen (secondary N) is 3. The lowest BCUT2D eigenvalue weighted by Gasteiger charge is -2.17. The zero-order valence-corrected chi connectivity index (χ0v) is 25.2. The number of hydrogen-bond donors (Lipinski definition) is 3. The maximum absolute atomic E-state index is 14.4. The van der Waals surface area contributed by atoms with Gasteiger partial charge in [-0.3, -0.25) is 14.4 Å². The third-order valence-corrected chi connectivity index (χ3v) is 7.91. The van der Waals surface area contributed by atoms with Gasteiger partial charge in [0, 0.05) is 27.9 Å². The molecule has 10 heteroatoms. The first-order chi connectivity index (χ1) is 21.9. The van der Waals surface area contributed by atoms with Crippen molar-refractivity contribution in [2.75, 3.05) is 10.6 Å². The molecule has 7 nitrogen and oxygen atoms in total. The summed E-state index contributed by atoms with van der Waals surface area (Å²) in [6.07, 6.45) is 2.74. The van der Waals surface area contributed by atoms with Crippen LogP contribution in [0.15, 0.2) is 138 Å². The molecule has 45 heavy (non-hydrogen) atoms. The van der Waals surface area contributed by atoms with Crippen LogP contribution in [0.4, 0.5) is 15.9 Å². The predicted molar refractivity (Wildman–Crippen MR) is 176 cm³/mol. The van der Waals surface area contributed by atoms with Gasteiger partial charge in [-0.05, 0) is 66.2 Å². The molecular weight excluding hydrogens is 611 g/mol. The van der Waals surface area contributed by atoms with Crippen LogP contribution >= 0.6 is 23.4 Å². The highest BCUT2D eigenvalue weighted by Crippen LogP contribution is 2.36. The fourth-order valence-electron chi connectivity index (χ4n) is 4.18. The van der Waals surface area contributed by atoms with Crippen LogP contribution in [0, 0.1) is 5.82 Å². The van der Waals surface area contributed by atoms with Gasteiger partial charge < -0.3 is 16.0 Å². The molecule has 0 aliphatic rings. The fourth-order valence-corrected chi connectivity index (χ4v) is 5.32. The van der Waals surface area contributed by atoms with Gasteiger partial charge in [-0.1, -0.05) is 78.3 Å². The Balaban J connectivity index is 1.33. The van der Waals surface area contributed by atoms with Crippen molar-refractivity contribution in [3.8, 4) is 0 Å². The normalized spacial score (nSPS) is 11.7. The molecule has 3 amide bonds. The Labute approximate surface area is 268 Å². The van der Waals surface area contributed by atoms with Crippen molar-refractivity contribution in [3.63, 3.8) is 0 Å². The first-order valence-electron chi connectivity index (χ1n) is 13.7. The molecule has 0 saturated heterocycles. The number of rotatable bonds is 10. The monoisotopic (exact) mass is 636 g/mol. The molecule has 5 rings (SSSR count). The van der Waals surface area contributed by atoms with E-state index in [4.69, 9.17) is 11.6 Å². The van der Waals surface area contributed by atoms with Gasteiger partial charge in [-0.25, -0.2) is 9.37 Å². The zero-order valence-electron chi connectivity index (χ0n) is 23.6. The van der Waals surface area contributed by atoms with E-state index in [1.807, 2.05) is 30.3 Å². The van der Waals surface area contributed by atoms with E-state index in [0.29, 0.717) is 22.1 Å². The van der Waals surface area contributed by atoms with Crippen LogP contribution < -0.4 is 16.0 Å². The Hall–Kier alpha value is -5.25. The van der Waals surface area contributed by atoms with Crippen molar-refractivity contribution in [3.05, 3.63) is 161 Å². The van der Waals surface area contributed by atoms with Crippen LogP contribution in [0.5, 0.6) is 0 Å². The second-order valence-corrected chi connectivity index (χ2v) is 11.3. The lowest BCUT2D eigenvalue weighted by Crippen LogP contribution is -2.30. The Morgan fingerprint density at radius 3 is 2.11 bits per heavy atom. The standard InChI is InChI=1S/C35H26ClFN4O3S/c36-26-15-20-31(38-22-26)41-35(44)32(23-9-3-1-4-10-23)45-28-18-16-27(17-19-28)39-34(43)30(21-25-13-7-8-14-29(25)37)40-33(42)24-11-5-2-6-12-24/h1-22,32H,(H,39,43)(H,40,42)(H,38,41,44)/b30-21-. The zero-order chi connectivity index (χ0) is 31.6. The number of hydrogen-bond acceptors (Lipinski definition) is 5. The Bertz CT molecular complexity index is 1820. The minimum atomic E-state index is -0.639. The van der Waals surface area contributed by atoms with Crippen LogP contribution in [0.25, 0.3) is 6.08 Å². The molecular formula is C35H26ClFN4O3S. The average molecular weight is 637 g/mol. The van der Waals surface area contributed by atoms with Crippen molar-refractivity contribution in [2.45, 2.75) is 10.1 Å². The molecule has 0 aliphatic heterocycles. The van der Waals surface area contributed by atoms with Crippen LogP contribution in [0.1, 0.15) is 26.7 Å². The highest BCUT2D eigenvalue weighted by atomic mass is 35.5. The minimum absolute atomic E-state index is 0.135. The number of pyridine rings is 1. The number of carbonyl (C=O) groups is 3. The van der Waals surface area contributed by atoms with Crippen LogP contribution in [0.2, 0.25) is 5.02 Å². The predicted octanol–water partition coefficient (Wildman–Crippen LogP) is 7.76. The summed E-state index contributed by atoms with van der Waals surface area (Å²) in [6, 6.07) is 33.9. The van der Waals surface area contributed by atoms with Gasteiger partial charge in [0.1, 0.15) is 22.6 Å². The summed E-state index contributed by atoms with van der Waals surface area (Å²) in [4.78, 5) is 44.4. The second-order valence-electron chi connectivity index (χ2n) is 9.64. The molecule has 1 atom stereocenters. The number of amides is 3. The smallest absolute Gasteiger partial charge is 0.272 e. The topological polar surface area (TPSA) is 100 Å². The fraction of sp³-hybridized carbons (Fsp3) is 0.0286. The molecule has 0 radical (unpaired) electrons. The Morgan fingerprint density at radius 1 is 0.778 bits per heavy atom. The van der Waals surface area contributed by atoms with Gasteiger partial charge in [-0.2, -0.15) is 0 Å². The molecule has 0 saturated carbocycles. The van der Waals surface area contributed by atoms with Gasteiger partial charge >= 0.3 is 0 Å². The third kappa shape index (κ3) is 8.66. The van der Waals surface area contributed by atoms with E-state index in [1.54, 1.807) is 72.8 Å². The summed E-state index contributed by atoms with van der Waals surface area (Å²) in [5, 5.41) is 8.05. The molecule has 4 aromatic carbocycles. The lowest BCUT2D eigenvalue weighted by atomic mass is 10.1. The number of aromatic nitrogens is 1. The molecule has 1 heterocycles. The number of benzene rings is 4. The summed E-state index contributed by atoms with van der Waals surface area (Å²) >= 11 is 7.25. The summed E-state index contributed by atoms with van der Waals surface area (Å²) in [5.74, 6) is -1.58. The average Bonchev–Trinajstić information content (AvgIpc) is 3.06. The number of nitrogens with zero attached hydrogens (tertiary/aromatic N) is 1. The van der Waals surface area contributed by atoms with Crippen LogP contribution in [0.3, 0.4) is 0 Å². The first-order valence-corrected chi connectivity index (χ1v) is 15.0. The summed E-state index contributed by atoms with van der Waals surface area (Å²) in [6.45, 7) is 0. The molecule has 3 N–H and O–H groups in total. The highest BCUT2D eigenvalue weighted by Gasteiger charge is 2.23. The first kappa shape index (κ1) is 31.2. The van der Waals surface area contributed by atoms with Gasteiger partial charge in [-0.15, -0.1) is 11.8 Å². The number of anilines is 2. The Kier molecular flexibility index (Phi) is 10.4. The second kappa shape index (κ2) is 15.0. The van der Waals surface area contributed by atoms with E-state index in [9.17, 15) is 18.8 Å². The lowest BCUT2D eigenvalue weighted by molar-refractivity contribution is -0.116. The van der Waals surface area contributed by atoms with E-state index in [2.05, 4.69) is 20.9 Å². The number of thioether (sulfide) groups is 1. The molecule has 0 bridgehead atoms. The van der Waals surface area contributed by atoms with Crippen LogP contribution in [-0.4, -0.2) is 22.7 Å². The van der Waals surface area contributed by atoms with E-state index >= 15 is 0 Å². The van der Waals surface area contributed by atoms with Crippen molar-refractivity contribution < 1.29 is 18.8 Å². The molecule has 0 fully saturated rings. The molecule has 1 aromatic heterocycles. The SMILES string of the molecule is O=C(Nc1ccc(SC(C(=O)Nc2ccc(Cl)cn2)c2ccccc2)cc1)/C(=C/c1ccccc1F)NC(=O)c1ccccc1. The summed E-state index contributed by atoms with van der Waals surface area (Å²) in [5.41, 5.74) is 1.58. The Morgan fingerprint density at radius 2 is 1.44 bits per heavy atom. The van der Waals surface area contributed by atoms with Gasteiger partial charge in [0.25, 0.3) is 11.8 Å². The van der Waals surface area contributed by atoms with Gasteiger partial charge in [0.2, 0.25) is 5.91 Å². The summed E-state index contributed by atoms with van der Waals surface area (Å²) < 4.78 is 14.4. The number of halogens is 2. The molecule has 0 spiro atoms. The molecule has 0 aliphatic carbocycles. The van der Waals surface area contributed by atoms with Crippen molar-refractivity contribution in [1.82, 2.24) is 10.3 Å². The van der Waals surface area contributed by atoms with Gasteiger partial charge in [0.15, 0.2) is 0 Å². The third-order valence-electron chi connectivity index (χ3n) is 6.42. The van der Waals surface area contributed by atoms with Gasteiger partial charge in [0.05, 0.1) is 5.02 Å². The largest absolute Gasteiger partial charge is 0.321 e. The minimum Gasteiger partial charge on any atom is -0.321 e. The quantitative estimate of drug-likeness (QED) is 0.107. The van der Waals surface area contributed by atoms with E-state index in [1.165, 1.54) is 42.2 Å². The highest BCUT2D eigenvalue weighted by molar-refractivity contribution is 8.00. The van der Waals surface area contributed by atoms with Crippen molar-refractivity contribution in [2.24, 2.45) is 0 Å². The maximum Gasteiger partial charge on any atom is 0.272 e. The van der Waals surface area contributed by atoms with Crippen molar-refractivity contribution >= 4 is 58.7 Å². The van der Waals surface area contributed by atoms with E-state index < -0.39 is 22.9 Å². The number of carbonyl (C=O) groups excluding carboxylic acids is 3. The summed E-state index contributed by atoms with van der Waals surface area (Å²) in [7, 11) is 0.